The van der Waals surface area contributed by atoms with Crippen LogP contribution in [-0.2, 0) is 21.2 Å². The summed E-state index contributed by atoms with van der Waals surface area (Å²) in [4.78, 5) is 12.9. The van der Waals surface area contributed by atoms with Gasteiger partial charge in [0, 0.05) is 24.1 Å². The topological polar surface area (TPSA) is 75.3 Å². The minimum atomic E-state index is -3.27. The van der Waals surface area contributed by atoms with Gasteiger partial charge in [-0.3, -0.25) is 4.79 Å². The molecule has 0 aromatic heterocycles. The molecule has 1 saturated carbocycles. The van der Waals surface area contributed by atoms with Crippen LogP contribution in [0.4, 0.5) is 5.69 Å². The smallest absolute Gasteiger partial charge is 0.227 e. The largest absolute Gasteiger partial charge is 0.326 e. The van der Waals surface area contributed by atoms with Crippen molar-refractivity contribution in [1.29, 1.82) is 0 Å². The van der Waals surface area contributed by atoms with Crippen LogP contribution >= 0.6 is 0 Å². The lowest BCUT2D eigenvalue weighted by Crippen LogP contribution is -2.42. The van der Waals surface area contributed by atoms with Crippen LogP contribution in [0.3, 0.4) is 0 Å². The van der Waals surface area contributed by atoms with E-state index >= 15 is 0 Å². The molecular formula is C23H28N2O3S. The van der Waals surface area contributed by atoms with Crippen LogP contribution < -0.4 is 10.0 Å². The van der Waals surface area contributed by atoms with Gasteiger partial charge in [0.2, 0.25) is 15.9 Å². The molecule has 2 aliphatic carbocycles. The molecule has 0 unspecified atom stereocenters. The molecule has 1 fully saturated rings. The number of fused-ring (bicyclic) bond motifs is 3. The van der Waals surface area contributed by atoms with Gasteiger partial charge >= 0.3 is 0 Å². The molecule has 154 valence electrons. The predicted molar refractivity (Wildman–Crippen MR) is 116 cm³/mol. The van der Waals surface area contributed by atoms with Crippen molar-refractivity contribution in [1.82, 2.24) is 4.72 Å². The van der Waals surface area contributed by atoms with E-state index in [2.05, 4.69) is 34.3 Å². The second-order valence-electron chi connectivity index (χ2n) is 8.42. The van der Waals surface area contributed by atoms with Crippen LogP contribution in [0.5, 0.6) is 0 Å². The normalized spacial score (nSPS) is 20.9. The number of rotatable bonds is 5. The first-order chi connectivity index (χ1) is 13.8. The second kappa shape index (κ2) is 7.92. The number of hydrogen-bond acceptors (Lipinski definition) is 3. The fourth-order valence-electron chi connectivity index (χ4n) is 4.35. The third-order valence-electron chi connectivity index (χ3n) is 6.16. The summed E-state index contributed by atoms with van der Waals surface area (Å²) in [6.07, 6.45) is 3.63. The van der Waals surface area contributed by atoms with Crippen molar-refractivity contribution in [2.45, 2.75) is 57.2 Å². The Morgan fingerprint density at radius 3 is 2.38 bits per heavy atom. The van der Waals surface area contributed by atoms with Gasteiger partial charge in [-0.15, -0.1) is 0 Å². The van der Waals surface area contributed by atoms with Crippen molar-refractivity contribution in [3.63, 3.8) is 0 Å². The van der Waals surface area contributed by atoms with Crippen molar-refractivity contribution in [3.8, 4) is 11.1 Å². The van der Waals surface area contributed by atoms with E-state index in [1.54, 1.807) is 13.8 Å². The Morgan fingerprint density at radius 1 is 0.966 bits per heavy atom. The van der Waals surface area contributed by atoms with E-state index in [1.807, 2.05) is 18.2 Å². The second-order valence-corrected chi connectivity index (χ2v) is 10.7. The molecular weight excluding hydrogens is 384 g/mol. The molecule has 0 atom stereocenters. The molecule has 0 bridgehead atoms. The minimum absolute atomic E-state index is 0.0412. The predicted octanol–water partition coefficient (Wildman–Crippen LogP) is 4.08. The van der Waals surface area contributed by atoms with Crippen LogP contribution in [0, 0.1) is 5.92 Å². The molecule has 2 aliphatic rings. The first kappa shape index (κ1) is 20.1. The summed E-state index contributed by atoms with van der Waals surface area (Å²) in [7, 11) is -3.27. The van der Waals surface area contributed by atoms with E-state index in [4.69, 9.17) is 0 Å². The van der Waals surface area contributed by atoms with Crippen LogP contribution in [-0.4, -0.2) is 25.6 Å². The van der Waals surface area contributed by atoms with Crippen LogP contribution in [0.2, 0.25) is 0 Å². The zero-order chi connectivity index (χ0) is 20.6. The number of carbonyl (C=O) groups excluding carboxylic acids is 1. The Balaban J connectivity index is 1.40. The Labute approximate surface area is 173 Å². The van der Waals surface area contributed by atoms with Crippen LogP contribution in [0.1, 0.15) is 50.7 Å². The first-order valence-corrected chi connectivity index (χ1v) is 11.9. The van der Waals surface area contributed by atoms with Crippen molar-refractivity contribution in [2.75, 3.05) is 5.32 Å². The van der Waals surface area contributed by atoms with Gasteiger partial charge in [-0.05, 0) is 67.9 Å². The standard InChI is InChI=1S/C23H28N2O3S/c1-15(2)29(27,28)25-18-12-10-16(11-13-18)23(26)24-22-9-5-8-20-19-7-4-3-6-17(19)14-21(20)22/h3-9,15-16,18,25H,10-14H2,1-2H3,(H,24,26). The highest BCUT2D eigenvalue weighted by Crippen LogP contribution is 2.40. The summed E-state index contributed by atoms with van der Waals surface area (Å²) >= 11 is 0. The maximum atomic E-state index is 12.9. The molecule has 29 heavy (non-hydrogen) atoms. The molecule has 0 saturated heterocycles. The summed E-state index contributed by atoms with van der Waals surface area (Å²) < 4.78 is 26.9. The maximum Gasteiger partial charge on any atom is 0.227 e. The fraction of sp³-hybridized carbons (Fsp3) is 0.435. The first-order valence-electron chi connectivity index (χ1n) is 10.4. The number of benzene rings is 2. The molecule has 0 spiro atoms. The summed E-state index contributed by atoms with van der Waals surface area (Å²) in [5.74, 6) is -0.0334. The highest BCUT2D eigenvalue weighted by Gasteiger charge is 2.30. The van der Waals surface area contributed by atoms with E-state index in [1.165, 1.54) is 22.3 Å². The third kappa shape index (κ3) is 4.09. The summed E-state index contributed by atoms with van der Waals surface area (Å²) in [5.41, 5.74) is 5.82. The lowest BCUT2D eigenvalue weighted by atomic mass is 9.86. The SMILES string of the molecule is CC(C)S(=O)(=O)NC1CCC(C(=O)Nc2cccc3c2Cc2ccccc2-3)CC1. The Hall–Kier alpha value is -2.18. The fourth-order valence-corrected chi connectivity index (χ4v) is 5.32. The van der Waals surface area contributed by atoms with E-state index in [-0.39, 0.29) is 17.9 Å². The monoisotopic (exact) mass is 412 g/mol. The number of nitrogens with one attached hydrogen (secondary N) is 2. The third-order valence-corrected chi connectivity index (χ3v) is 8.06. The molecule has 5 nitrogen and oxygen atoms in total. The molecule has 0 aliphatic heterocycles. The minimum Gasteiger partial charge on any atom is -0.326 e. The number of sulfonamides is 1. The lowest BCUT2D eigenvalue weighted by molar-refractivity contribution is -0.120. The molecule has 0 heterocycles. The van der Waals surface area contributed by atoms with E-state index < -0.39 is 15.3 Å². The molecule has 2 aromatic rings. The quantitative estimate of drug-likeness (QED) is 0.663. The van der Waals surface area contributed by atoms with Crippen LogP contribution in [0.25, 0.3) is 11.1 Å². The summed E-state index contributed by atoms with van der Waals surface area (Å²) in [6, 6.07) is 14.4. The number of anilines is 1. The number of carbonyl (C=O) groups is 1. The van der Waals surface area contributed by atoms with Crippen molar-refractivity contribution in [3.05, 3.63) is 53.6 Å². The van der Waals surface area contributed by atoms with Gasteiger partial charge in [0.15, 0.2) is 0 Å². The van der Waals surface area contributed by atoms with E-state index in [0.29, 0.717) is 25.7 Å². The van der Waals surface area contributed by atoms with Gasteiger partial charge in [0.05, 0.1) is 5.25 Å². The van der Waals surface area contributed by atoms with Crippen molar-refractivity contribution in [2.24, 2.45) is 5.92 Å². The van der Waals surface area contributed by atoms with Crippen molar-refractivity contribution < 1.29 is 13.2 Å². The Bertz CT molecular complexity index is 1020. The zero-order valence-electron chi connectivity index (χ0n) is 16.9. The Kier molecular flexibility index (Phi) is 5.49. The number of amides is 1. The van der Waals surface area contributed by atoms with Crippen molar-refractivity contribution >= 4 is 21.6 Å². The molecule has 1 amide bonds. The van der Waals surface area contributed by atoms with E-state index in [9.17, 15) is 13.2 Å². The molecule has 6 heteroatoms. The average molecular weight is 413 g/mol. The van der Waals surface area contributed by atoms with Gasteiger partial charge in [-0.1, -0.05) is 36.4 Å². The molecule has 2 N–H and O–H groups in total. The highest BCUT2D eigenvalue weighted by atomic mass is 32.2. The Morgan fingerprint density at radius 2 is 1.66 bits per heavy atom. The molecule has 2 aromatic carbocycles. The lowest BCUT2D eigenvalue weighted by Gasteiger charge is -2.29. The average Bonchev–Trinajstić information content (AvgIpc) is 3.08. The summed E-state index contributed by atoms with van der Waals surface area (Å²) in [6.45, 7) is 3.36. The van der Waals surface area contributed by atoms with E-state index in [0.717, 1.165) is 12.1 Å². The van der Waals surface area contributed by atoms with Gasteiger partial charge in [0.1, 0.15) is 0 Å². The van der Waals surface area contributed by atoms with Gasteiger partial charge < -0.3 is 5.32 Å². The van der Waals surface area contributed by atoms with Crippen LogP contribution in [0.15, 0.2) is 42.5 Å². The van der Waals surface area contributed by atoms with Gasteiger partial charge in [-0.25, -0.2) is 13.1 Å². The van der Waals surface area contributed by atoms with Gasteiger partial charge in [-0.2, -0.15) is 0 Å². The van der Waals surface area contributed by atoms with Gasteiger partial charge in [0.25, 0.3) is 0 Å². The zero-order valence-corrected chi connectivity index (χ0v) is 17.8. The molecule has 4 rings (SSSR count). The highest BCUT2D eigenvalue weighted by molar-refractivity contribution is 7.90. The maximum absolute atomic E-state index is 12.9. The number of hydrogen-bond donors (Lipinski definition) is 2. The summed E-state index contributed by atoms with van der Waals surface area (Å²) in [5, 5.41) is 2.71. The molecule has 0 radical (unpaired) electrons.